The molecule has 3 aromatic rings. The molecule has 0 spiro atoms. The van der Waals surface area contributed by atoms with Crippen LogP contribution < -0.4 is 5.32 Å². The molecule has 6 nitrogen and oxygen atoms in total. The number of alkyl halides is 3. The number of benzene rings is 1. The Balaban J connectivity index is 1.67. The van der Waals surface area contributed by atoms with Crippen molar-refractivity contribution in [3.05, 3.63) is 60.4 Å². The highest BCUT2D eigenvalue weighted by Crippen LogP contribution is 2.27. The van der Waals surface area contributed by atoms with Crippen LogP contribution in [-0.4, -0.2) is 24.7 Å². The number of hydrogen-bond acceptors (Lipinski definition) is 5. The first-order valence-electron chi connectivity index (χ1n) is 6.60. The second-order valence-corrected chi connectivity index (χ2v) is 4.62. The molecular weight excluding hydrogens is 309 g/mol. The average Bonchev–Trinajstić information content (AvgIpc) is 3.07. The number of nitrogens with one attached hydrogen (secondary N) is 1. The molecular formula is C14H11F3N6. The van der Waals surface area contributed by atoms with E-state index in [1.807, 2.05) is 24.3 Å². The lowest BCUT2D eigenvalue weighted by Gasteiger charge is -2.09. The lowest BCUT2D eigenvalue weighted by molar-refractivity contribution is -0.141. The fourth-order valence-electron chi connectivity index (χ4n) is 1.89. The van der Waals surface area contributed by atoms with E-state index in [1.165, 1.54) is 6.33 Å². The Bertz CT molecular complexity index is 768. The summed E-state index contributed by atoms with van der Waals surface area (Å²) in [4.78, 5) is 11.1. The van der Waals surface area contributed by atoms with Crippen molar-refractivity contribution in [2.24, 2.45) is 0 Å². The maximum absolute atomic E-state index is 12.6. The zero-order chi connectivity index (χ0) is 16.3. The molecule has 2 heterocycles. The summed E-state index contributed by atoms with van der Waals surface area (Å²) in [7, 11) is 0. The van der Waals surface area contributed by atoms with Crippen LogP contribution in [0.1, 0.15) is 11.3 Å². The Kier molecular flexibility index (Phi) is 3.92. The summed E-state index contributed by atoms with van der Waals surface area (Å²) < 4.78 is 39.3. The van der Waals surface area contributed by atoms with Crippen LogP contribution in [0.2, 0.25) is 0 Å². The van der Waals surface area contributed by atoms with Gasteiger partial charge < -0.3 is 5.32 Å². The van der Waals surface area contributed by atoms with Crippen molar-refractivity contribution < 1.29 is 13.2 Å². The first-order valence-corrected chi connectivity index (χ1v) is 6.60. The van der Waals surface area contributed by atoms with Crippen LogP contribution in [-0.2, 0) is 12.7 Å². The molecule has 2 aromatic heterocycles. The molecule has 1 N–H and O–H groups in total. The molecule has 0 atom stereocenters. The van der Waals surface area contributed by atoms with Crippen molar-refractivity contribution in [3.63, 3.8) is 0 Å². The van der Waals surface area contributed by atoms with E-state index in [0.717, 1.165) is 23.5 Å². The second-order valence-electron chi connectivity index (χ2n) is 4.62. The van der Waals surface area contributed by atoms with E-state index in [9.17, 15) is 13.2 Å². The van der Waals surface area contributed by atoms with E-state index in [-0.39, 0.29) is 5.95 Å². The third-order valence-corrected chi connectivity index (χ3v) is 3.02. The van der Waals surface area contributed by atoms with Crippen molar-refractivity contribution in [1.82, 2.24) is 24.7 Å². The molecule has 0 aliphatic carbocycles. The summed E-state index contributed by atoms with van der Waals surface area (Å²) in [5, 5.41) is 6.78. The number of aromatic nitrogens is 5. The maximum Gasteiger partial charge on any atom is 0.433 e. The second kappa shape index (κ2) is 6.03. The number of halogens is 3. The average molecular weight is 320 g/mol. The molecule has 0 bridgehead atoms. The minimum atomic E-state index is -4.49. The van der Waals surface area contributed by atoms with Crippen molar-refractivity contribution in [3.8, 4) is 5.69 Å². The Morgan fingerprint density at radius 3 is 2.52 bits per heavy atom. The van der Waals surface area contributed by atoms with E-state index < -0.39 is 11.9 Å². The highest BCUT2D eigenvalue weighted by molar-refractivity contribution is 5.35. The summed E-state index contributed by atoms with van der Waals surface area (Å²) in [5.74, 6) is -0.0693. The van der Waals surface area contributed by atoms with Gasteiger partial charge >= 0.3 is 6.18 Å². The smallest absolute Gasteiger partial charge is 0.350 e. The number of rotatable bonds is 4. The summed E-state index contributed by atoms with van der Waals surface area (Å²) >= 11 is 0. The molecule has 118 valence electrons. The Labute approximate surface area is 129 Å². The summed E-state index contributed by atoms with van der Waals surface area (Å²) in [6, 6.07) is 8.16. The Morgan fingerprint density at radius 1 is 1.09 bits per heavy atom. The van der Waals surface area contributed by atoms with Gasteiger partial charge in [0.2, 0.25) is 5.95 Å². The fraction of sp³-hybridized carbons (Fsp3) is 0.143. The summed E-state index contributed by atoms with van der Waals surface area (Å²) in [5.41, 5.74) is 0.730. The molecule has 0 aliphatic heterocycles. The summed E-state index contributed by atoms with van der Waals surface area (Å²) in [6.07, 6.45) is -0.408. The third-order valence-electron chi connectivity index (χ3n) is 3.02. The van der Waals surface area contributed by atoms with Gasteiger partial charge in [0.05, 0.1) is 5.69 Å². The van der Waals surface area contributed by atoms with Gasteiger partial charge in [-0.05, 0) is 23.8 Å². The van der Waals surface area contributed by atoms with Crippen LogP contribution in [0.5, 0.6) is 0 Å². The minimum absolute atomic E-state index is 0.0693. The molecule has 0 aliphatic rings. The molecule has 0 unspecified atom stereocenters. The van der Waals surface area contributed by atoms with E-state index >= 15 is 0 Å². The van der Waals surface area contributed by atoms with Crippen molar-refractivity contribution in [2.45, 2.75) is 12.7 Å². The van der Waals surface area contributed by atoms with Gasteiger partial charge in [0.25, 0.3) is 0 Å². The molecule has 0 saturated heterocycles. The Morgan fingerprint density at radius 2 is 1.87 bits per heavy atom. The normalized spacial score (nSPS) is 11.4. The van der Waals surface area contributed by atoms with Crippen molar-refractivity contribution >= 4 is 5.95 Å². The monoisotopic (exact) mass is 320 g/mol. The molecule has 9 heteroatoms. The van der Waals surface area contributed by atoms with Gasteiger partial charge in [0.15, 0.2) is 0 Å². The van der Waals surface area contributed by atoms with Crippen molar-refractivity contribution in [2.75, 3.05) is 5.32 Å². The summed E-state index contributed by atoms with van der Waals surface area (Å²) in [6.45, 7) is 0.305. The lowest BCUT2D eigenvalue weighted by Crippen LogP contribution is -2.11. The van der Waals surface area contributed by atoms with Gasteiger partial charge in [-0.1, -0.05) is 12.1 Å². The van der Waals surface area contributed by atoms with Crippen LogP contribution in [0.15, 0.2) is 49.2 Å². The number of anilines is 1. The molecule has 0 radical (unpaired) electrons. The number of hydrogen-bond donors (Lipinski definition) is 1. The van der Waals surface area contributed by atoms with Crippen LogP contribution in [0.25, 0.3) is 5.69 Å². The van der Waals surface area contributed by atoms with Gasteiger partial charge in [-0.2, -0.15) is 18.3 Å². The van der Waals surface area contributed by atoms with E-state index in [2.05, 4.69) is 25.4 Å². The van der Waals surface area contributed by atoms with Gasteiger partial charge in [-0.25, -0.2) is 19.6 Å². The van der Waals surface area contributed by atoms with E-state index in [0.29, 0.717) is 6.54 Å². The highest BCUT2D eigenvalue weighted by Gasteiger charge is 2.32. The van der Waals surface area contributed by atoms with E-state index in [4.69, 9.17) is 0 Å². The largest absolute Gasteiger partial charge is 0.433 e. The molecule has 3 rings (SSSR count). The van der Waals surface area contributed by atoms with Crippen molar-refractivity contribution in [1.29, 1.82) is 0 Å². The SMILES string of the molecule is FC(F)(F)c1ccnc(NCc2ccc(-n3cncn3)cc2)n1. The minimum Gasteiger partial charge on any atom is -0.350 e. The molecule has 23 heavy (non-hydrogen) atoms. The van der Waals surface area contributed by atoms with Crippen LogP contribution in [0, 0.1) is 0 Å². The number of nitrogens with zero attached hydrogens (tertiary/aromatic N) is 5. The van der Waals surface area contributed by atoms with E-state index in [1.54, 1.807) is 11.0 Å². The topological polar surface area (TPSA) is 68.5 Å². The van der Waals surface area contributed by atoms with Crippen LogP contribution in [0.3, 0.4) is 0 Å². The molecule has 0 saturated carbocycles. The zero-order valence-electron chi connectivity index (χ0n) is 11.7. The molecule has 0 fully saturated rings. The van der Waals surface area contributed by atoms with Crippen LogP contribution >= 0.6 is 0 Å². The van der Waals surface area contributed by atoms with Gasteiger partial charge in [0, 0.05) is 12.7 Å². The highest BCUT2D eigenvalue weighted by atomic mass is 19.4. The predicted octanol–water partition coefficient (Wildman–Crippen LogP) is 2.69. The maximum atomic E-state index is 12.6. The van der Waals surface area contributed by atoms with Gasteiger partial charge in [0.1, 0.15) is 18.3 Å². The first kappa shape index (κ1) is 14.9. The molecule has 1 aromatic carbocycles. The first-order chi connectivity index (χ1) is 11.0. The fourth-order valence-corrected chi connectivity index (χ4v) is 1.89. The predicted molar refractivity (Wildman–Crippen MR) is 75.7 cm³/mol. The Hall–Kier alpha value is -2.97. The lowest BCUT2D eigenvalue weighted by atomic mass is 10.2. The van der Waals surface area contributed by atoms with Gasteiger partial charge in [-0.15, -0.1) is 0 Å². The van der Waals surface area contributed by atoms with Gasteiger partial charge in [-0.3, -0.25) is 0 Å². The zero-order valence-corrected chi connectivity index (χ0v) is 11.7. The molecule has 0 amide bonds. The van der Waals surface area contributed by atoms with Crippen LogP contribution in [0.4, 0.5) is 19.1 Å². The quantitative estimate of drug-likeness (QED) is 0.800. The standard InChI is InChI=1S/C14H11F3N6/c15-14(16,17)12-5-6-19-13(22-12)20-7-10-1-3-11(4-2-10)23-9-18-8-21-23/h1-6,8-9H,7H2,(H,19,20,22). The third kappa shape index (κ3) is 3.62.